The molecule has 1 aromatic heterocycles. The topological polar surface area (TPSA) is 59.1 Å². The molecule has 0 spiro atoms. The molecular weight excluding hydrogens is 268 g/mol. The predicted octanol–water partition coefficient (Wildman–Crippen LogP) is 2.00. The molecule has 1 aromatic rings. The molecule has 0 aliphatic carbocycles. The van der Waals surface area contributed by atoms with E-state index in [9.17, 15) is 8.42 Å². The predicted molar refractivity (Wildman–Crippen MR) is 59.6 cm³/mol. The summed E-state index contributed by atoms with van der Waals surface area (Å²) in [6.07, 6.45) is 2.07. The first-order valence-corrected chi connectivity index (χ1v) is 6.60. The lowest BCUT2D eigenvalue weighted by Gasteiger charge is -2.05. The Labute approximate surface area is 91.9 Å². The van der Waals surface area contributed by atoms with Crippen LogP contribution in [0.1, 0.15) is 13.3 Å². The van der Waals surface area contributed by atoms with Gasteiger partial charge in [-0.2, -0.15) is 0 Å². The molecule has 0 aliphatic rings. The maximum Gasteiger partial charge on any atom is 0.232 e. The van der Waals surface area contributed by atoms with Crippen molar-refractivity contribution < 1.29 is 8.42 Å². The first-order valence-electron chi connectivity index (χ1n) is 4.15. The van der Waals surface area contributed by atoms with Crippen molar-refractivity contribution in [3.63, 3.8) is 0 Å². The van der Waals surface area contributed by atoms with Crippen molar-refractivity contribution in [1.82, 2.24) is 4.98 Å². The van der Waals surface area contributed by atoms with E-state index in [1.807, 2.05) is 6.92 Å². The highest BCUT2D eigenvalue weighted by Gasteiger charge is 2.08. The summed E-state index contributed by atoms with van der Waals surface area (Å²) >= 11 is 3.17. The Bertz CT molecular complexity index is 388. The summed E-state index contributed by atoms with van der Waals surface area (Å²) in [7, 11) is -3.20. The van der Waals surface area contributed by atoms with Crippen LogP contribution in [0.15, 0.2) is 22.9 Å². The van der Waals surface area contributed by atoms with Crippen LogP contribution in [0, 0.1) is 0 Å². The van der Waals surface area contributed by atoms with E-state index in [1.165, 1.54) is 6.20 Å². The summed E-state index contributed by atoms with van der Waals surface area (Å²) in [6.45, 7) is 1.82. The lowest BCUT2D eigenvalue weighted by Crippen LogP contribution is -2.16. The Morgan fingerprint density at radius 2 is 2.21 bits per heavy atom. The molecule has 0 fully saturated rings. The average Bonchev–Trinajstić information content (AvgIpc) is 2.08. The lowest BCUT2D eigenvalue weighted by atomic mass is 10.4. The Balaban J connectivity index is 2.74. The first kappa shape index (κ1) is 11.5. The molecule has 0 bridgehead atoms. The quantitative estimate of drug-likeness (QED) is 0.857. The highest BCUT2D eigenvalue weighted by Crippen LogP contribution is 2.12. The van der Waals surface area contributed by atoms with Gasteiger partial charge < -0.3 is 0 Å². The van der Waals surface area contributed by atoms with Crippen molar-refractivity contribution in [2.75, 3.05) is 10.5 Å². The van der Waals surface area contributed by atoms with Gasteiger partial charge in [-0.1, -0.05) is 6.92 Å². The SMILES string of the molecule is CCCS(=O)(=O)Nc1ccc(Br)nc1. The van der Waals surface area contributed by atoms with Crippen LogP contribution in [-0.4, -0.2) is 19.2 Å². The standard InChI is InChI=1S/C8H11BrN2O2S/c1-2-5-14(12,13)11-7-3-4-8(9)10-6-7/h3-4,6,11H,2,5H2,1H3. The van der Waals surface area contributed by atoms with Crippen molar-refractivity contribution in [3.8, 4) is 0 Å². The molecule has 14 heavy (non-hydrogen) atoms. The molecule has 1 rings (SSSR count). The Kier molecular flexibility index (Phi) is 3.88. The molecule has 1 heterocycles. The van der Waals surface area contributed by atoms with Gasteiger partial charge in [0.05, 0.1) is 17.6 Å². The number of sulfonamides is 1. The second kappa shape index (κ2) is 4.75. The summed E-state index contributed by atoms with van der Waals surface area (Å²) < 4.78 is 25.8. The van der Waals surface area contributed by atoms with Gasteiger partial charge in [0.25, 0.3) is 0 Å². The van der Waals surface area contributed by atoms with Gasteiger partial charge in [-0.15, -0.1) is 0 Å². The first-order chi connectivity index (χ1) is 6.53. The van der Waals surface area contributed by atoms with Gasteiger partial charge in [-0.3, -0.25) is 4.72 Å². The summed E-state index contributed by atoms with van der Waals surface area (Å²) in [5, 5.41) is 0. The molecule has 0 saturated carbocycles. The average molecular weight is 279 g/mol. The van der Waals surface area contributed by atoms with Crippen molar-refractivity contribution in [3.05, 3.63) is 22.9 Å². The zero-order valence-corrected chi connectivity index (χ0v) is 10.1. The molecule has 0 amide bonds. The fourth-order valence-corrected chi connectivity index (χ4v) is 2.29. The number of aromatic nitrogens is 1. The Hall–Kier alpha value is -0.620. The zero-order valence-electron chi connectivity index (χ0n) is 7.70. The summed E-state index contributed by atoms with van der Waals surface area (Å²) in [6, 6.07) is 3.34. The van der Waals surface area contributed by atoms with Crippen LogP contribution in [0.25, 0.3) is 0 Å². The van der Waals surface area contributed by atoms with Gasteiger partial charge in [0.1, 0.15) is 4.60 Å². The van der Waals surface area contributed by atoms with Gasteiger partial charge in [-0.25, -0.2) is 13.4 Å². The minimum atomic E-state index is -3.20. The smallest absolute Gasteiger partial charge is 0.232 e. The van der Waals surface area contributed by atoms with Crippen LogP contribution >= 0.6 is 15.9 Å². The normalized spacial score (nSPS) is 11.3. The van der Waals surface area contributed by atoms with Gasteiger partial charge >= 0.3 is 0 Å². The molecule has 1 N–H and O–H groups in total. The van der Waals surface area contributed by atoms with Crippen LogP contribution in [-0.2, 0) is 10.0 Å². The molecule has 0 radical (unpaired) electrons. The van der Waals surface area contributed by atoms with Gasteiger partial charge in [0, 0.05) is 0 Å². The number of nitrogens with zero attached hydrogens (tertiary/aromatic N) is 1. The zero-order chi connectivity index (χ0) is 10.6. The number of pyridine rings is 1. The van der Waals surface area contributed by atoms with Gasteiger partial charge in [0.2, 0.25) is 10.0 Å². The highest BCUT2D eigenvalue weighted by atomic mass is 79.9. The van der Waals surface area contributed by atoms with Gasteiger partial charge in [-0.05, 0) is 34.5 Å². The van der Waals surface area contributed by atoms with E-state index in [1.54, 1.807) is 12.1 Å². The number of hydrogen-bond acceptors (Lipinski definition) is 3. The second-order valence-corrected chi connectivity index (χ2v) is 5.44. The van der Waals surface area contributed by atoms with E-state index in [4.69, 9.17) is 0 Å². The number of anilines is 1. The van der Waals surface area contributed by atoms with E-state index < -0.39 is 10.0 Å². The van der Waals surface area contributed by atoms with E-state index >= 15 is 0 Å². The molecule has 0 aromatic carbocycles. The summed E-state index contributed by atoms with van der Waals surface area (Å²) in [5.41, 5.74) is 0.488. The molecule has 78 valence electrons. The molecule has 0 saturated heterocycles. The Morgan fingerprint density at radius 1 is 1.50 bits per heavy atom. The van der Waals surface area contributed by atoms with Crippen LogP contribution in [0.4, 0.5) is 5.69 Å². The molecule has 0 atom stereocenters. The number of halogens is 1. The minimum Gasteiger partial charge on any atom is -0.282 e. The number of nitrogens with one attached hydrogen (secondary N) is 1. The van der Waals surface area contributed by atoms with E-state index in [-0.39, 0.29) is 5.75 Å². The van der Waals surface area contributed by atoms with Crippen LogP contribution < -0.4 is 4.72 Å². The van der Waals surface area contributed by atoms with E-state index in [0.29, 0.717) is 16.7 Å². The van der Waals surface area contributed by atoms with Crippen molar-refractivity contribution >= 4 is 31.6 Å². The van der Waals surface area contributed by atoms with E-state index in [2.05, 4.69) is 25.6 Å². The second-order valence-electron chi connectivity index (χ2n) is 2.79. The number of hydrogen-bond donors (Lipinski definition) is 1. The Morgan fingerprint density at radius 3 is 2.71 bits per heavy atom. The van der Waals surface area contributed by atoms with Crippen molar-refractivity contribution in [2.24, 2.45) is 0 Å². The van der Waals surface area contributed by atoms with Crippen LogP contribution in [0.2, 0.25) is 0 Å². The summed E-state index contributed by atoms with van der Waals surface area (Å²) in [4.78, 5) is 3.91. The van der Waals surface area contributed by atoms with Crippen LogP contribution in [0.5, 0.6) is 0 Å². The third-order valence-corrected chi connectivity index (χ3v) is 3.44. The molecule has 0 aliphatic heterocycles. The van der Waals surface area contributed by atoms with Crippen LogP contribution in [0.3, 0.4) is 0 Å². The lowest BCUT2D eigenvalue weighted by molar-refractivity contribution is 0.600. The fraction of sp³-hybridized carbons (Fsp3) is 0.375. The maximum absolute atomic E-state index is 11.3. The van der Waals surface area contributed by atoms with Crippen molar-refractivity contribution in [1.29, 1.82) is 0 Å². The maximum atomic E-state index is 11.3. The highest BCUT2D eigenvalue weighted by molar-refractivity contribution is 9.10. The van der Waals surface area contributed by atoms with E-state index in [0.717, 1.165) is 0 Å². The minimum absolute atomic E-state index is 0.128. The third-order valence-electron chi connectivity index (χ3n) is 1.47. The largest absolute Gasteiger partial charge is 0.282 e. The summed E-state index contributed by atoms with van der Waals surface area (Å²) in [5.74, 6) is 0.128. The third kappa shape index (κ3) is 3.63. The monoisotopic (exact) mass is 278 g/mol. The molecule has 4 nitrogen and oxygen atoms in total. The number of rotatable bonds is 4. The van der Waals surface area contributed by atoms with Crippen molar-refractivity contribution in [2.45, 2.75) is 13.3 Å². The molecule has 6 heteroatoms. The fourth-order valence-electron chi connectivity index (χ4n) is 0.936. The molecular formula is C8H11BrN2O2S. The van der Waals surface area contributed by atoms with Gasteiger partial charge in [0.15, 0.2) is 0 Å². The molecule has 0 unspecified atom stereocenters.